The van der Waals surface area contributed by atoms with Gasteiger partial charge in [0.25, 0.3) is 5.91 Å². The number of nitrogens with one attached hydrogen (secondary N) is 1. The Kier molecular flexibility index (Phi) is 6.35. The molecule has 0 radical (unpaired) electrons. The Morgan fingerprint density at radius 2 is 1.68 bits per heavy atom. The van der Waals surface area contributed by atoms with Crippen LogP contribution in [0.4, 0.5) is 11.5 Å². The van der Waals surface area contributed by atoms with Crippen LogP contribution in [0.5, 0.6) is 5.75 Å². The van der Waals surface area contributed by atoms with E-state index in [-0.39, 0.29) is 5.91 Å². The van der Waals surface area contributed by atoms with E-state index >= 15 is 0 Å². The van der Waals surface area contributed by atoms with E-state index in [0.717, 1.165) is 36.2 Å². The van der Waals surface area contributed by atoms with Gasteiger partial charge in [0.2, 0.25) is 0 Å². The largest absolute Gasteiger partial charge is 0.495 e. The number of para-hydroxylation sites is 3. The number of anilines is 2. The van der Waals surface area contributed by atoms with Crippen LogP contribution in [-0.2, 0) is 6.54 Å². The fraction of sp³-hybridized carbons (Fsp3) is 0.222. The number of benzene rings is 2. The average Bonchev–Trinajstić information content (AvgIpc) is 2.90. The number of rotatable bonds is 6. The van der Waals surface area contributed by atoms with Gasteiger partial charge in [0, 0.05) is 50.5 Å². The van der Waals surface area contributed by atoms with Crippen LogP contribution in [0, 0.1) is 0 Å². The van der Waals surface area contributed by atoms with Crippen molar-refractivity contribution in [1.82, 2.24) is 19.8 Å². The molecule has 0 saturated carbocycles. The molecular formula is C27H27N5O2. The molecule has 0 atom stereocenters. The smallest absolute Gasteiger partial charge is 0.257 e. The van der Waals surface area contributed by atoms with Gasteiger partial charge in [-0.15, -0.1) is 0 Å². The van der Waals surface area contributed by atoms with E-state index < -0.39 is 0 Å². The van der Waals surface area contributed by atoms with Crippen molar-refractivity contribution in [2.24, 2.45) is 0 Å². The summed E-state index contributed by atoms with van der Waals surface area (Å²) in [5.41, 5.74) is 3.59. The zero-order chi connectivity index (χ0) is 23.3. The normalized spacial score (nSPS) is 14.2. The SMILES string of the molecule is COc1ccccc1Nc1ncccc1C(=O)N1CCN(Cc2cccc3cccnc23)CC1. The minimum atomic E-state index is -0.0167. The van der Waals surface area contributed by atoms with Gasteiger partial charge in [-0.05, 0) is 35.9 Å². The second-order valence-corrected chi connectivity index (χ2v) is 8.29. The maximum Gasteiger partial charge on any atom is 0.257 e. The first kappa shape index (κ1) is 21.9. The summed E-state index contributed by atoms with van der Waals surface area (Å²) in [5, 5.41) is 4.42. The molecule has 172 valence electrons. The summed E-state index contributed by atoms with van der Waals surface area (Å²) in [7, 11) is 1.62. The maximum absolute atomic E-state index is 13.4. The number of pyridine rings is 2. The first-order chi connectivity index (χ1) is 16.7. The fourth-order valence-corrected chi connectivity index (χ4v) is 4.37. The monoisotopic (exact) mass is 453 g/mol. The van der Waals surface area contributed by atoms with Crippen molar-refractivity contribution in [3.8, 4) is 5.75 Å². The van der Waals surface area contributed by atoms with Crippen molar-refractivity contribution in [3.05, 3.63) is 90.3 Å². The number of nitrogens with zero attached hydrogens (tertiary/aromatic N) is 4. The molecule has 0 unspecified atom stereocenters. The van der Waals surface area contributed by atoms with Gasteiger partial charge in [-0.25, -0.2) is 4.98 Å². The Labute approximate surface area is 199 Å². The van der Waals surface area contributed by atoms with Gasteiger partial charge in [-0.2, -0.15) is 0 Å². The van der Waals surface area contributed by atoms with Crippen LogP contribution in [0.25, 0.3) is 10.9 Å². The van der Waals surface area contributed by atoms with Crippen LogP contribution >= 0.6 is 0 Å². The highest BCUT2D eigenvalue weighted by molar-refractivity contribution is 5.99. The van der Waals surface area contributed by atoms with E-state index in [4.69, 9.17) is 4.74 Å². The van der Waals surface area contributed by atoms with Crippen molar-refractivity contribution in [3.63, 3.8) is 0 Å². The summed E-state index contributed by atoms with van der Waals surface area (Å²) in [6.45, 7) is 3.78. The third-order valence-electron chi connectivity index (χ3n) is 6.17. The summed E-state index contributed by atoms with van der Waals surface area (Å²) in [6.07, 6.45) is 3.53. The fourth-order valence-electron chi connectivity index (χ4n) is 4.37. The Bertz CT molecular complexity index is 1300. The second kappa shape index (κ2) is 9.89. The van der Waals surface area contributed by atoms with E-state index in [0.29, 0.717) is 30.2 Å². The van der Waals surface area contributed by atoms with Crippen molar-refractivity contribution >= 4 is 28.3 Å². The van der Waals surface area contributed by atoms with Crippen molar-refractivity contribution in [1.29, 1.82) is 0 Å². The van der Waals surface area contributed by atoms with Gasteiger partial charge < -0.3 is 15.0 Å². The van der Waals surface area contributed by atoms with Crippen LogP contribution in [-0.4, -0.2) is 59.0 Å². The van der Waals surface area contributed by atoms with Crippen LogP contribution < -0.4 is 10.1 Å². The van der Waals surface area contributed by atoms with E-state index in [1.807, 2.05) is 47.5 Å². The third kappa shape index (κ3) is 4.56. The molecule has 0 aliphatic carbocycles. The highest BCUT2D eigenvalue weighted by atomic mass is 16.5. The number of carbonyl (C=O) groups is 1. The molecule has 3 heterocycles. The quantitative estimate of drug-likeness (QED) is 0.468. The first-order valence-corrected chi connectivity index (χ1v) is 11.4. The molecule has 2 aromatic heterocycles. The molecule has 5 rings (SSSR count). The standard InChI is InChI=1S/C27H27N5O2/c1-34-24-12-3-2-11-23(24)30-26-22(10-6-14-29-26)27(33)32-17-15-31(16-18-32)19-21-8-4-7-20-9-5-13-28-25(20)21/h2-14H,15-19H2,1H3,(H,29,30). The Hall–Kier alpha value is -3.97. The van der Waals surface area contributed by atoms with Crippen LogP contribution in [0.2, 0.25) is 0 Å². The molecule has 7 heteroatoms. The number of piperazine rings is 1. The van der Waals surface area contributed by atoms with Crippen molar-refractivity contribution in [2.75, 3.05) is 38.6 Å². The van der Waals surface area contributed by atoms with Crippen molar-refractivity contribution < 1.29 is 9.53 Å². The van der Waals surface area contributed by atoms with E-state index in [1.165, 1.54) is 5.56 Å². The number of amides is 1. The Morgan fingerprint density at radius 3 is 2.53 bits per heavy atom. The van der Waals surface area contributed by atoms with Crippen LogP contribution in [0.15, 0.2) is 79.1 Å². The van der Waals surface area contributed by atoms with Gasteiger partial charge in [-0.3, -0.25) is 14.7 Å². The van der Waals surface area contributed by atoms with Gasteiger partial charge in [0.05, 0.1) is 23.9 Å². The predicted octanol–water partition coefficient (Wildman–Crippen LogP) is 4.34. The molecule has 0 spiro atoms. The maximum atomic E-state index is 13.4. The Morgan fingerprint density at radius 1 is 0.912 bits per heavy atom. The summed E-state index contributed by atoms with van der Waals surface area (Å²) < 4.78 is 5.43. The van der Waals surface area contributed by atoms with E-state index in [2.05, 4.69) is 44.5 Å². The first-order valence-electron chi connectivity index (χ1n) is 11.4. The summed E-state index contributed by atoms with van der Waals surface area (Å²) in [5.74, 6) is 1.21. The van der Waals surface area contributed by atoms with E-state index in [1.54, 1.807) is 19.4 Å². The number of hydrogen-bond acceptors (Lipinski definition) is 6. The molecular weight excluding hydrogens is 426 g/mol. The van der Waals surface area contributed by atoms with Crippen molar-refractivity contribution in [2.45, 2.75) is 6.54 Å². The number of hydrogen-bond donors (Lipinski definition) is 1. The molecule has 1 aliphatic rings. The number of fused-ring (bicyclic) bond motifs is 1. The number of carbonyl (C=O) groups excluding carboxylic acids is 1. The highest BCUT2D eigenvalue weighted by Gasteiger charge is 2.25. The molecule has 0 bridgehead atoms. The lowest BCUT2D eigenvalue weighted by atomic mass is 10.1. The van der Waals surface area contributed by atoms with Gasteiger partial charge >= 0.3 is 0 Å². The lowest BCUT2D eigenvalue weighted by Gasteiger charge is -2.35. The molecule has 34 heavy (non-hydrogen) atoms. The molecule has 1 aliphatic heterocycles. The molecule has 1 N–H and O–H groups in total. The summed E-state index contributed by atoms with van der Waals surface area (Å²) >= 11 is 0. The average molecular weight is 454 g/mol. The Balaban J connectivity index is 1.26. The predicted molar refractivity (Wildman–Crippen MR) is 133 cm³/mol. The molecule has 1 saturated heterocycles. The molecule has 1 fully saturated rings. The van der Waals surface area contributed by atoms with Crippen LogP contribution in [0.3, 0.4) is 0 Å². The minimum Gasteiger partial charge on any atom is -0.495 e. The topological polar surface area (TPSA) is 70.6 Å². The lowest BCUT2D eigenvalue weighted by molar-refractivity contribution is 0.0629. The van der Waals surface area contributed by atoms with Crippen LogP contribution in [0.1, 0.15) is 15.9 Å². The molecule has 7 nitrogen and oxygen atoms in total. The lowest BCUT2D eigenvalue weighted by Crippen LogP contribution is -2.48. The minimum absolute atomic E-state index is 0.0167. The molecule has 1 amide bonds. The second-order valence-electron chi connectivity index (χ2n) is 8.29. The number of aromatic nitrogens is 2. The number of methoxy groups -OCH3 is 1. The number of ether oxygens (including phenoxy) is 1. The molecule has 2 aromatic carbocycles. The zero-order valence-corrected chi connectivity index (χ0v) is 19.1. The third-order valence-corrected chi connectivity index (χ3v) is 6.17. The van der Waals surface area contributed by atoms with Gasteiger partial charge in [0.1, 0.15) is 11.6 Å². The van der Waals surface area contributed by atoms with Gasteiger partial charge in [-0.1, -0.05) is 36.4 Å². The molecule has 4 aromatic rings. The zero-order valence-electron chi connectivity index (χ0n) is 19.1. The van der Waals surface area contributed by atoms with E-state index in [9.17, 15) is 4.79 Å². The summed E-state index contributed by atoms with van der Waals surface area (Å²) in [4.78, 5) is 26.7. The summed E-state index contributed by atoms with van der Waals surface area (Å²) in [6, 6.07) is 21.6. The highest BCUT2D eigenvalue weighted by Crippen LogP contribution is 2.28. The van der Waals surface area contributed by atoms with Gasteiger partial charge in [0.15, 0.2) is 0 Å².